The van der Waals surface area contributed by atoms with Gasteiger partial charge in [-0.25, -0.2) is 4.39 Å². The van der Waals surface area contributed by atoms with Crippen molar-refractivity contribution in [3.63, 3.8) is 0 Å². The molecule has 1 rings (SSSR count). The van der Waals surface area contributed by atoms with Crippen LogP contribution in [-0.2, 0) is 0 Å². The van der Waals surface area contributed by atoms with Crippen LogP contribution in [0, 0.1) is 11.8 Å². The summed E-state index contributed by atoms with van der Waals surface area (Å²) in [6.45, 7) is 4.37. The zero-order valence-corrected chi connectivity index (χ0v) is 6.23. The molecule has 0 aromatic rings. The van der Waals surface area contributed by atoms with E-state index in [1.807, 2.05) is 0 Å². The van der Waals surface area contributed by atoms with Crippen LogP contribution in [0.25, 0.3) is 0 Å². The Morgan fingerprint density at radius 1 is 1.33 bits per heavy atom. The Hall–Kier alpha value is -0.0700. The number of rotatable bonds is 1. The topological polar surface area (TPSA) is 0 Å². The molecule has 2 atom stereocenters. The van der Waals surface area contributed by atoms with Crippen LogP contribution in [0.4, 0.5) is 4.39 Å². The molecule has 0 nitrogen and oxygen atoms in total. The van der Waals surface area contributed by atoms with E-state index in [1.165, 1.54) is 0 Å². The summed E-state index contributed by atoms with van der Waals surface area (Å²) in [6.07, 6.45) is 2.25. The Kier molecular flexibility index (Phi) is 2.09. The van der Waals surface area contributed by atoms with Crippen molar-refractivity contribution in [2.75, 3.05) is 0 Å². The molecule has 0 aromatic carbocycles. The van der Waals surface area contributed by atoms with Gasteiger partial charge in [0.1, 0.15) is 6.17 Å². The van der Waals surface area contributed by atoms with Crippen LogP contribution in [0.1, 0.15) is 33.1 Å². The van der Waals surface area contributed by atoms with Gasteiger partial charge in [0.05, 0.1) is 0 Å². The molecule has 0 amide bonds. The number of hydrogen-bond donors (Lipinski definition) is 0. The summed E-state index contributed by atoms with van der Waals surface area (Å²) in [4.78, 5) is 0. The van der Waals surface area contributed by atoms with Crippen LogP contribution in [0.3, 0.4) is 0 Å². The van der Waals surface area contributed by atoms with Gasteiger partial charge in [0.25, 0.3) is 0 Å². The molecule has 9 heavy (non-hydrogen) atoms. The fourth-order valence-electron chi connectivity index (χ4n) is 1.56. The first-order valence-electron chi connectivity index (χ1n) is 3.84. The molecular formula is C8H15F. The minimum Gasteiger partial charge on any atom is -0.247 e. The van der Waals surface area contributed by atoms with Gasteiger partial charge in [0.15, 0.2) is 0 Å². The number of hydrogen-bond acceptors (Lipinski definition) is 0. The van der Waals surface area contributed by atoms with Crippen LogP contribution in [0.5, 0.6) is 0 Å². The lowest BCUT2D eigenvalue weighted by atomic mass is 9.95. The van der Waals surface area contributed by atoms with Gasteiger partial charge in [0.2, 0.25) is 0 Å². The van der Waals surface area contributed by atoms with Crippen molar-refractivity contribution in [1.29, 1.82) is 0 Å². The highest BCUT2D eigenvalue weighted by atomic mass is 19.1. The van der Waals surface area contributed by atoms with Crippen LogP contribution in [0.2, 0.25) is 0 Å². The summed E-state index contributed by atoms with van der Waals surface area (Å²) in [7, 11) is 0. The lowest BCUT2D eigenvalue weighted by Crippen LogP contribution is -2.03. The quantitative estimate of drug-likeness (QED) is 0.512. The maximum Gasteiger partial charge on any atom is 0.100 e. The molecule has 0 saturated heterocycles. The highest BCUT2D eigenvalue weighted by Gasteiger charge is 2.25. The smallest absolute Gasteiger partial charge is 0.100 e. The molecule has 0 heterocycles. The van der Waals surface area contributed by atoms with E-state index in [4.69, 9.17) is 0 Å². The minimum atomic E-state index is -0.489. The van der Waals surface area contributed by atoms with Gasteiger partial charge in [0, 0.05) is 0 Å². The zero-order chi connectivity index (χ0) is 6.85. The second-order valence-corrected chi connectivity index (χ2v) is 3.41. The largest absolute Gasteiger partial charge is 0.247 e. The van der Waals surface area contributed by atoms with Gasteiger partial charge in [-0.3, -0.25) is 0 Å². The maximum absolute atomic E-state index is 12.5. The number of halogens is 1. The Morgan fingerprint density at radius 3 is 2.22 bits per heavy atom. The van der Waals surface area contributed by atoms with E-state index in [-0.39, 0.29) is 0 Å². The van der Waals surface area contributed by atoms with Gasteiger partial charge in [-0.1, -0.05) is 13.8 Å². The molecule has 0 spiro atoms. The fraction of sp³-hybridized carbons (Fsp3) is 1.00. The van der Waals surface area contributed by atoms with Gasteiger partial charge >= 0.3 is 0 Å². The van der Waals surface area contributed by atoms with Crippen molar-refractivity contribution in [2.45, 2.75) is 39.3 Å². The average molecular weight is 130 g/mol. The van der Waals surface area contributed by atoms with Crippen molar-refractivity contribution in [3.05, 3.63) is 0 Å². The molecule has 0 bridgehead atoms. The first kappa shape index (κ1) is 7.04. The lowest BCUT2D eigenvalue weighted by molar-refractivity contribution is 0.310. The molecule has 54 valence electrons. The van der Waals surface area contributed by atoms with Crippen molar-refractivity contribution in [1.82, 2.24) is 0 Å². The van der Waals surface area contributed by atoms with Crippen LogP contribution >= 0.6 is 0 Å². The molecule has 1 fully saturated rings. The molecular weight excluding hydrogens is 115 g/mol. The normalized spacial score (nSPS) is 36.0. The van der Waals surface area contributed by atoms with Crippen LogP contribution in [0.15, 0.2) is 0 Å². The Labute approximate surface area is 56.5 Å². The van der Waals surface area contributed by atoms with E-state index < -0.39 is 6.17 Å². The predicted octanol–water partition coefficient (Wildman–Crippen LogP) is 2.78. The molecule has 1 saturated carbocycles. The van der Waals surface area contributed by atoms with E-state index in [0.717, 1.165) is 19.3 Å². The summed E-state index contributed by atoms with van der Waals surface area (Å²) in [5.41, 5.74) is 0. The van der Waals surface area contributed by atoms with Gasteiger partial charge in [-0.2, -0.15) is 0 Å². The highest BCUT2D eigenvalue weighted by molar-refractivity contribution is 4.76. The second kappa shape index (κ2) is 2.68. The van der Waals surface area contributed by atoms with E-state index in [2.05, 4.69) is 13.8 Å². The summed E-state index contributed by atoms with van der Waals surface area (Å²) in [5, 5.41) is 0. The van der Waals surface area contributed by atoms with Crippen molar-refractivity contribution >= 4 is 0 Å². The van der Waals surface area contributed by atoms with Crippen molar-refractivity contribution < 1.29 is 4.39 Å². The lowest BCUT2D eigenvalue weighted by Gasteiger charge is -2.11. The van der Waals surface area contributed by atoms with Crippen LogP contribution in [-0.4, -0.2) is 6.17 Å². The Bertz CT molecular complexity index is 88.6. The van der Waals surface area contributed by atoms with Gasteiger partial charge in [-0.05, 0) is 31.1 Å². The first-order chi connectivity index (χ1) is 4.20. The summed E-state index contributed by atoms with van der Waals surface area (Å²) in [5.74, 6) is 1.35. The third-order valence-electron chi connectivity index (χ3n) is 2.35. The predicted molar refractivity (Wildman–Crippen MR) is 37.1 cm³/mol. The molecule has 0 aliphatic heterocycles. The zero-order valence-electron chi connectivity index (χ0n) is 6.23. The summed E-state index contributed by atoms with van der Waals surface area (Å²) in [6, 6.07) is 0. The third-order valence-corrected chi connectivity index (χ3v) is 2.35. The van der Waals surface area contributed by atoms with Gasteiger partial charge < -0.3 is 0 Å². The third kappa shape index (κ3) is 1.67. The minimum absolute atomic E-state index is 0.489. The van der Waals surface area contributed by atoms with Crippen LogP contribution < -0.4 is 0 Å². The molecule has 0 unspecified atom stereocenters. The number of alkyl halides is 1. The first-order valence-corrected chi connectivity index (χ1v) is 3.84. The second-order valence-electron chi connectivity index (χ2n) is 3.41. The molecule has 0 aromatic heterocycles. The van der Waals surface area contributed by atoms with E-state index in [9.17, 15) is 4.39 Å². The standard InChI is InChI=1S/C8H15F/c1-6(2)7-3-4-8(9)5-7/h6-8H,3-5H2,1-2H3/t7-,8-/m0/s1. The molecule has 0 radical (unpaired) electrons. The van der Waals surface area contributed by atoms with E-state index in [1.54, 1.807) is 0 Å². The maximum atomic E-state index is 12.5. The fourth-order valence-corrected chi connectivity index (χ4v) is 1.56. The average Bonchev–Trinajstić information content (AvgIpc) is 2.14. The van der Waals surface area contributed by atoms with E-state index >= 15 is 0 Å². The summed E-state index contributed by atoms with van der Waals surface area (Å²) >= 11 is 0. The molecule has 1 aliphatic rings. The Balaban J connectivity index is 2.30. The highest BCUT2D eigenvalue weighted by Crippen LogP contribution is 2.32. The summed E-state index contributed by atoms with van der Waals surface area (Å²) < 4.78 is 12.5. The molecule has 1 aliphatic carbocycles. The molecule has 0 N–H and O–H groups in total. The Morgan fingerprint density at radius 2 is 2.00 bits per heavy atom. The van der Waals surface area contributed by atoms with Crippen molar-refractivity contribution in [2.24, 2.45) is 11.8 Å². The van der Waals surface area contributed by atoms with E-state index in [0.29, 0.717) is 11.8 Å². The monoisotopic (exact) mass is 130 g/mol. The van der Waals surface area contributed by atoms with Crippen molar-refractivity contribution in [3.8, 4) is 0 Å². The van der Waals surface area contributed by atoms with Gasteiger partial charge in [-0.15, -0.1) is 0 Å². The molecule has 1 heteroatoms. The SMILES string of the molecule is CC(C)[C@H]1CC[C@H](F)C1.